The zero-order chi connectivity index (χ0) is 16.7. The summed E-state index contributed by atoms with van der Waals surface area (Å²) >= 11 is 0. The molecule has 7 heteroatoms. The van der Waals surface area contributed by atoms with Gasteiger partial charge in [-0.1, -0.05) is 5.16 Å². The first kappa shape index (κ1) is 15.6. The SMILES string of the molecule is N[C@H]1CC[C@H](C(=O)N2CC(NC(=O)c3cc(C4CC4)on3)C2)CC1. The molecule has 2 saturated carbocycles. The Labute approximate surface area is 140 Å². The molecule has 1 aromatic heterocycles. The van der Waals surface area contributed by atoms with Crippen LogP contribution >= 0.6 is 0 Å². The zero-order valence-electron chi connectivity index (χ0n) is 13.7. The van der Waals surface area contributed by atoms with Crippen LogP contribution < -0.4 is 11.1 Å². The lowest BCUT2D eigenvalue weighted by molar-refractivity contribution is -0.141. The van der Waals surface area contributed by atoms with Gasteiger partial charge in [0.1, 0.15) is 5.76 Å². The molecule has 0 unspecified atom stereocenters. The van der Waals surface area contributed by atoms with E-state index < -0.39 is 0 Å². The van der Waals surface area contributed by atoms with E-state index in [0.29, 0.717) is 24.7 Å². The minimum Gasteiger partial charge on any atom is -0.360 e. The Balaban J connectivity index is 1.23. The van der Waals surface area contributed by atoms with E-state index in [-0.39, 0.29) is 29.8 Å². The number of nitrogens with zero attached hydrogens (tertiary/aromatic N) is 2. The van der Waals surface area contributed by atoms with Gasteiger partial charge in [-0.15, -0.1) is 0 Å². The van der Waals surface area contributed by atoms with Crippen molar-refractivity contribution in [1.82, 2.24) is 15.4 Å². The number of hydrogen-bond donors (Lipinski definition) is 2. The number of amides is 2. The third-order valence-corrected chi connectivity index (χ3v) is 5.39. The summed E-state index contributed by atoms with van der Waals surface area (Å²) in [5, 5.41) is 6.77. The Morgan fingerprint density at radius 3 is 2.54 bits per heavy atom. The maximum absolute atomic E-state index is 12.4. The highest BCUT2D eigenvalue weighted by Gasteiger charge is 2.37. The first-order valence-electron chi connectivity index (χ1n) is 8.92. The molecule has 3 N–H and O–H groups in total. The molecule has 2 amide bonds. The molecule has 7 nitrogen and oxygen atoms in total. The second-order valence-corrected chi connectivity index (χ2v) is 7.41. The highest BCUT2D eigenvalue weighted by Crippen LogP contribution is 2.40. The Kier molecular flexibility index (Phi) is 4.04. The second kappa shape index (κ2) is 6.20. The normalized spacial score (nSPS) is 27.6. The quantitative estimate of drug-likeness (QED) is 0.857. The van der Waals surface area contributed by atoms with Gasteiger partial charge in [0.05, 0.1) is 6.04 Å². The van der Waals surface area contributed by atoms with Crippen molar-refractivity contribution in [3.05, 3.63) is 17.5 Å². The molecule has 1 aliphatic heterocycles. The third-order valence-electron chi connectivity index (χ3n) is 5.39. The monoisotopic (exact) mass is 332 g/mol. The van der Waals surface area contributed by atoms with Gasteiger partial charge in [-0.3, -0.25) is 9.59 Å². The van der Waals surface area contributed by atoms with Gasteiger partial charge in [-0.25, -0.2) is 0 Å². The molecule has 0 spiro atoms. The van der Waals surface area contributed by atoms with Crippen molar-refractivity contribution in [2.24, 2.45) is 11.7 Å². The number of nitrogens with two attached hydrogens (primary N) is 1. The summed E-state index contributed by atoms with van der Waals surface area (Å²) in [6.07, 6.45) is 5.86. The molecule has 130 valence electrons. The minimum absolute atomic E-state index is 0.00775. The molecule has 0 bridgehead atoms. The molecular weight excluding hydrogens is 308 g/mol. The molecule has 1 saturated heterocycles. The number of carbonyl (C=O) groups is 2. The van der Waals surface area contributed by atoms with E-state index >= 15 is 0 Å². The van der Waals surface area contributed by atoms with Crippen molar-refractivity contribution in [2.75, 3.05) is 13.1 Å². The standard InChI is InChI=1S/C17H24N4O3/c18-12-5-3-11(4-6-12)17(23)21-8-13(9-21)19-16(22)14-7-15(24-20-14)10-1-2-10/h7,10-13H,1-6,8-9,18H2,(H,19,22)/t11-,12-. The summed E-state index contributed by atoms with van der Waals surface area (Å²) in [6, 6.07) is 1.99. The lowest BCUT2D eigenvalue weighted by Crippen LogP contribution is -2.62. The molecule has 3 fully saturated rings. The van der Waals surface area contributed by atoms with Crippen LogP contribution in [-0.4, -0.2) is 47.0 Å². The smallest absolute Gasteiger partial charge is 0.273 e. The predicted molar refractivity (Wildman–Crippen MR) is 86.2 cm³/mol. The fraction of sp³-hybridized carbons (Fsp3) is 0.706. The fourth-order valence-corrected chi connectivity index (χ4v) is 3.59. The lowest BCUT2D eigenvalue weighted by Gasteiger charge is -2.42. The lowest BCUT2D eigenvalue weighted by atomic mass is 9.85. The maximum Gasteiger partial charge on any atom is 0.273 e. The fourth-order valence-electron chi connectivity index (χ4n) is 3.59. The molecule has 1 aromatic rings. The van der Waals surface area contributed by atoms with E-state index in [9.17, 15) is 9.59 Å². The number of aromatic nitrogens is 1. The summed E-state index contributed by atoms with van der Waals surface area (Å²) in [6.45, 7) is 1.17. The molecule has 0 aromatic carbocycles. The molecular formula is C17H24N4O3. The Morgan fingerprint density at radius 1 is 1.17 bits per heavy atom. The number of carbonyl (C=O) groups excluding carboxylic acids is 2. The summed E-state index contributed by atoms with van der Waals surface area (Å²) in [4.78, 5) is 26.4. The third kappa shape index (κ3) is 3.17. The molecule has 3 aliphatic rings. The van der Waals surface area contributed by atoms with Crippen LogP contribution in [0.15, 0.2) is 10.6 Å². The molecule has 2 aliphatic carbocycles. The van der Waals surface area contributed by atoms with Crippen molar-refractivity contribution < 1.29 is 14.1 Å². The van der Waals surface area contributed by atoms with Crippen LogP contribution in [0.2, 0.25) is 0 Å². The van der Waals surface area contributed by atoms with Crippen molar-refractivity contribution in [3.63, 3.8) is 0 Å². The van der Waals surface area contributed by atoms with Gasteiger partial charge < -0.3 is 20.5 Å². The topological polar surface area (TPSA) is 101 Å². The minimum atomic E-state index is -0.216. The van der Waals surface area contributed by atoms with E-state index in [1.54, 1.807) is 6.07 Å². The van der Waals surface area contributed by atoms with Crippen molar-refractivity contribution in [1.29, 1.82) is 0 Å². The summed E-state index contributed by atoms with van der Waals surface area (Å²) in [5.41, 5.74) is 6.23. The average Bonchev–Trinajstić information content (AvgIpc) is 3.27. The highest BCUT2D eigenvalue weighted by molar-refractivity contribution is 5.92. The number of likely N-dealkylation sites (tertiary alicyclic amines) is 1. The highest BCUT2D eigenvalue weighted by atomic mass is 16.5. The van der Waals surface area contributed by atoms with Crippen LogP contribution in [0.1, 0.15) is 60.7 Å². The van der Waals surface area contributed by atoms with Gasteiger partial charge in [-0.2, -0.15) is 0 Å². The van der Waals surface area contributed by atoms with Crippen LogP contribution in [0.25, 0.3) is 0 Å². The van der Waals surface area contributed by atoms with Crippen molar-refractivity contribution in [2.45, 2.75) is 56.5 Å². The van der Waals surface area contributed by atoms with E-state index in [4.69, 9.17) is 10.3 Å². The van der Waals surface area contributed by atoms with Crippen LogP contribution in [0.3, 0.4) is 0 Å². The molecule has 0 radical (unpaired) electrons. The predicted octanol–water partition coefficient (Wildman–Crippen LogP) is 1.01. The maximum atomic E-state index is 12.4. The van der Waals surface area contributed by atoms with Crippen molar-refractivity contribution in [3.8, 4) is 0 Å². The molecule has 24 heavy (non-hydrogen) atoms. The van der Waals surface area contributed by atoms with Crippen LogP contribution in [0.5, 0.6) is 0 Å². The summed E-state index contributed by atoms with van der Waals surface area (Å²) in [5.74, 6) is 1.36. The van der Waals surface area contributed by atoms with Gasteiger partial charge in [-0.05, 0) is 38.5 Å². The Morgan fingerprint density at radius 2 is 1.88 bits per heavy atom. The van der Waals surface area contributed by atoms with Gasteiger partial charge in [0.25, 0.3) is 5.91 Å². The van der Waals surface area contributed by atoms with E-state index in [1.165, 1.54) is 0 Å². The van der Waals surface area contributed by atoms with E-state index in [2.05, 4.69) is 10.5 Å². The molecule has 0 atom stereocenters. The first-order valence-corrected chi connectivity index (χ1v) is 8.92. The molecule has 2 heterocycles. The number of hydrogen-bond acceptors (Lipinski definition) is 5. The average molecular weight is 332 g/mol. The second-order valence-electron chi connectivity index (χ2n) is 7.41. The van der Waals surface area contributed by atoms with E-state index in [0.717, 1.165) is 44.3 Å². The van der Waals surface area contributed by atoms with Crippen LogP contribution in [0, 0.1) is 5.92 Å². The van der Waals surface area contributed by atoms with Crippen molar-refractivity contribution >= 4 is 11.8 Å². The van der Waals surface area contributed by atoms with Gasteiger partial charge in [0, 0.05) is 37.0 Å². The Bertz CT molecular complexity index is 626. The first-order chi connectivity index (χ1) is 11.6. The Hall–Kier alpha value is -1.89. The van der Waals surface area contributed by atoms with Crippen LogP contribution in [-0.2, 0) is 4.79 Å². The number of nitrogens with one attached hydrogen (secondary N) is 1. The summed E-state index contributed by atoms with van der Waals surface area (Å²) < 4.78 is 5.20. The van der Waals surface area contributed by atoms with Gasteiger partial charge in [0.15, 0.2) is 5.69 Å². The van der Waals surface area contributed by atoms with Crippen LogP contribution in [0.4, 0.5) is 0 Å². The van der Waals surface area contributed by atoms with Gasteiger partial charge in [0.2, 0.25) is 5.91 Å². The number of rotatable bonds is 4. The van der Waals surface area contributed by atoms with Gasteiger partial charge >= 0.3 is 0 Å². The molecule has 4 rings (SSSR count). The van der Waals surface area contributed by atoms with E-state index in [1.807, 2.05) is 4.90 Å². The summed E-state index contributed by atoms with van der Waals surface area (Å²) in [7, 11) is 0. The largest absolute Gasteiger partial charge is 0.360 e. The zero-order valence-corrected chi connectivity index (χ0v) is 13.7.